The van der Waals surface area contributed by atoms with Crippen molar-refractivity contribution in [3.63, 3.8) is 0 Å². The number of fused-ring (bicyclic) bond motifs is 1. The van der Waals surface area contributed by atoms with Crippen LogP contribution in [0.25, 0.3) is 10.1 Å². The van der Waals surface area contributed by atoms with Gasteiger partial charge in [-0.25, -0.2) is 9.82 Å². The maximum Gasteiger partial charge on any atom is 0.123 e. The highest BCUT2D eigenvalue weighted by molar-refractivity contribution is 7.19. The van der Waals surface area contributed by atoms with Crippen molar-refractivity contribution < 1.29 is 4.39 Å². The Bertz CT molecular complexity index is 803. The number of nitrogens with two attached hydrogens (primary N) is 1. The van der Waals surface area contributed by atoms with Gasteiger partial charge in [0.1, 0.15) is 5.82 Å². The molecule has 0 aliphatic heterocycles. The standard InChI is InChI=1S/C15H11Cl2FN2S/c16-11-3-1-2-10(14(11)17)15(20-19)13-7-8-6-9(18)4-5-12(8)21-13/h1-7,15,20H,19H2. The monoisotopic (exact) mass is 340 g/mol. The summed E-state index contributed by atoms with van der Waals surface area (Å²) in [5.41, 5.74) is 3.54. The number of rotatable bonds is 3. The van der Waals surface area contributed by atoms with Gasteiger partial charge in [-0.2, -0.15) is 0 Å². The summed E-state index contributed by atoms with van der Waals surface area (Å²) in [4.78, 5) is 0.947. The fourth-order valence-electron chi connectivity index (χ4n) is 2.25. The quantitative estimate of drug-likeness (QED) is 0.525. The average Bonchev–Trinajstić information content (AvgIpc) is 2.87. The van der Waals surface area contributed by atoms with E-state index in [2.05, 4.69) is 5.43 Å². The molecule has 0 radical (unpaired) electrons. The molecule has 0 aliphatic rings. The van der Waals surface area contributed by atoms with E-state index in [-0.39, 0.29) is 11.9 Å². The summed E-state index contributed by atoms with van der Waals surface area (Å²) in [7, 11) is 0. The van der Waals surface area contributed by atoms with Gasteiger partial charge in [-0.3, -0.25) is 5.84 Å². The first kappa shape index (κ1) is 14.8. The summed E-state index contributed by atoms with van der Waals surface area (Å²) in [6.45, 7) is 0. The van der Waals surface area contributed by atoms with Crippen LogP contribution >= 0.6 is 34.5 Å². The molecule has 1 unspecified atom stereocenters. The third-order valence-electron chi connectivity index (χ3n) is 3.24. The molecule has 108 valence electrons. The largest absolute Gasteiger partial charge is 0.271 e. The minimum absolute atomic E-state index is 0.259. The number of hydrogen-bond acceptors (Lipinski definition) is 3. The molecule has 21 heavy (non-hydrogen) atoms. The van der Waals surface area contributed by atoms with E-state index in [1.807, 2.05) is 18.2 Å². The minimum Gasteiger partial charge on any atom is -0.271 e. The Kier molecular flexibility index (Phi) is 4.15. The lowest BCUT2D eigenvalue weighted by atomic mass is 10.1. The van der Waals surface area contributed by atoms with Crippen LogP contribution in [0.3, 0.4) is 0 Å². The average molecular weight is 341 g/mol. The Morgan fingerprint density at radius 1 is 1.14 bits per heavy atom. The highest BCUT2D eigenvalue weighted by Crippen LogP contribution is 2.37. The Labute approximate surface area is 135 Å². The molecule has 3 rings (SSSR count). The molecular weight excluding hydrogens is 330 g/mol. The van der Waals surface area contributed by atoms with Gasteiger partial charge in [0, 0.05) is 9.58 Å². The summed E-state index contributed by atoms with van der Waals surface area (Å²) in [6.07, 6.45) is 0. The van der Waals surface area contributed by atoms with Gasteiger partial charge in [0.25, 0.3) is 0 Å². The summed E-state index contributed by atoms with van der Waals surface area (Å²) in [6, 6.07) is 11.7. The SMILES string of the molecule is NNC(c1cc2cc(F)ccc2s1)c1cccc(Cl)c1Cl. The molecule has 3 aromatic rings. The molecule has 0 bridgehead atoms. The maximum atomic E-state index is 13.3. The van der Waals surface area contributed by atoms with Crippen LogP contribution < -0.4 is 11.3 Å². The predicted molar refractivity (Wildman–Crippen MR) is 87.4 cm³/mol. The molecule has 0 fully saturated rings. The molecule has 2 nitrogen and oxygen atoms in total. The van der Waals surface area contributed by atoms with Crippen LogP contribution in [-0.2, 0) is 0 Å². The minimum atomic E-state index is -0.295. The Hall–Kier alpha value is -1.17. The molecule has 1 heterocycles. The molecule has 0 aliphatic carbocycles. The third kappa shape index (κ3) is 2.78. The molecule has 0 spiro atoms. The molecular formula is C15H11Cl2FN2S. The first-order valence-corrected chi connectivity index (χ1v) is 7.76. The van der Waals surface area contributed by atoms with Crippen molar-refractivity contribution in [1.29, 1.82) is 0 Å². The van der Waals surface area contributed by atoms with Gasteiger partial charge >= 0.3 is 0 Å². The molecule has 1 aromatic heterocycles. The van der Waals surface area contributed by atoms with E-state index in [9.17, 15) is 4.39 Å². The second-order valence-electron chi connectivity index (χ2n) is 4.57. The van der Waals surface area contributed by atoms with E-state index in [1.54, 1.807) is 12.1 Å². The lowest BCUT2D eigenvalue weighted by molar-refractivity contribution is 0.629. The number of nitrogens with one attached hydrogen (secondary N) is 1. The van der Waals surface area contributed by atoms with E-state index in [1.165, 1.54) is 23.5 Å². The zero-order chi connectivity index (χ0) is 15.0. The van der Waals surface area contributed by atoms with Crippen LogP contribution in [0.2, 0.25) is 10.0 Å². The first-order chi connectivity index (χ1) is 10.1. The number of benzene rings is 2. The summed E-state index contributed by atoms with van der Waals surface area (Å²) >= 11 is 13.8. The zero-order valence-electron chi connectivity index (χ0n) is 10.7. The van der Waals surface area contributed by atoms with Crippen molar-refractivity contribution in [2.75, 3.05) is 0 Å². The maximum absolute atomic E-state index is 13.3. The van der Waals surface area contributed by atoms with E-state index >= 15 is 0 Å². The van der Waals surface area contributed by atoms with E-state index in [0.29, 0.717) is 10.0 Å². The molecule has 3 N–H and O–H groups in total. The van der Waals surface area contributed by atoms with Crippen molar-refractivity contribution in [2.45, 2.75) is 6.04 Å². The topological polar surface area (TPSA) is 38.0 Å². The highest BCUT2D eigenvalue weighted by Gasteiger charge is 2.19. The second-order valence-corrected chi connectivity index (χ2v) is 6.47. The van der Waals surface area contributed by atoms with Gasteiger partial charge < -0.3 is 0 Å². The van der Waals surface area contributed by atoms with Gasteiger partial charge in [-0.05, 0) is 41.3 Å². The van der Waals surface area contributed by atoms with Gasteiger partial charge in [0.15, 0.2) is 0 Å². The lowest BCUT2D eigenvalue weighted by Crippen LogP contribution is -2.28. The van der Waals surface area contributed by atoms with Crippen LogP contribution in [0.4, 0.5) is 4.39 Å². The van der Waals surface area contributed by atoms with Crippen LogP contribution in [-0.4, -0.2) is 0 Å². The van der Waals surface area contributed by atoms with Crippen molar-refractivity contribution in [3.05, 3.63) is 68.8 Å². The Morgan fingerprint density at radius 2 is 1.95 bits per heavy atom. The molecule has 1 atom stereocenters. The predicted octanol–water partition coefficient (Wildman–Crippen LogP) is 4.90. The Morgan fingerprint density at radius 3 is 2.71 bits per heavy atom. The fraction of sp³-hybridized carbons (Fsp3) is 0.0667. The van der Waals surface area contributed by atoms with E-state index < -0.39 is 0 Å². The van der Waals surface area contributed by atoms with Crippen molar-refractivity contribution in [1.82, 2.24) is 5.43 Å². The van der Waals surface area contributed by atoms with Crippen LogP contribution in [0.15, 0.2) is 42.5 Å². The second kappa shape index (κ2) is 5.91. The molecule has 2 aromatic carbocycles. The molecule has 0 amide bonds. The van der Waals surface area contributed by atoms with Crippen molar-refractivity contribution in [2.24, 2.45) is 5.84 Å². The van der Waals surface area contributed by atoms with Gasteiger partial charge in [-0.15, -0.1) is 11.3 Å². The Balaban J connectivity index is 2.11. The lowest BCUT2D eigenvalue weighted by Gasteiger charge is -2.16. The van der Waals surface area contributed by atoms with Gasteiger partial charge in [0.2, 0.25) is 0 Å². The van der Waals surface area contributed by atoms with E-state index in [0.717, 1.165) is 20.5 Å². The van der Waals surface area contributed by atoms with Crippen LogP contribution in [0.1, 0.15) is 16.5 Å². The van der Waals surface area contributed by atoms with Crippen molar-refractivity contribution in [3.8, 4) is 0 Å². The zero-order valence-corrected chi connectivity index (χ0v) is 13.1. The van der Waals surface area contributed by atoms with Crippen LogP contribution in [0.5, 0.6) is 0 Å². The molecule has 0 saturated heterocycles. The summed E-state index contributed by atoms with van der Waals surface area (Å²) in [5.74, 6) is 5.43. The van der Waals surface area contributed by atoms with Crippen molar-refractivity contribution >= 4 is 44.6 Å². The number of halogens is 3. The van der Waals surface area contributed by atoms with E-state index in [4.69, 9.17) is 29.0 Å². The normalized spacial score (nSPS) is 12.8. The highest BCUT2D eigenvalue weighted by atomic mass is 35.5. The summed E-state index contributed by atoms with van der Waals surface area (Å²) < 4.78 is 14.3. The molecule has 6 heteroatoms. The number of thiophene rings is 1. The summed E-state index contributed by atoms with van der Waals surface area (Å²) in [5, 5.41) is 1.78. The van der Waals surface area contributed by atoms with Gasteiger partial charge in [-0.1, -0.05) is 35.3 Å². The third-order valence-corrected chi connectivity index (χ3v) is 5.26. The number of hydrazine groups is 1. The van der Waals surface area contributed by atoms with Gasteiger partial charge in [0.05, 0.1) is 16.1 Å². The smallest absolute Gasteiger partial charge is 0.123 e. The fourth-order valence-corrected chi connectivity index (χ4v) is 3.79. The number of hydrogen-bond donors (Lipinski definition) is 2. The van der Waals surface area contributed by atoms with Crippen LogP contribution in [0, 0.1) is 5.82 Å². The first-order valence-electron chi connectivity index (χ1n) is 6.19. The molecule has 0 saturated carbocycles.